The Labute approximate surface area is 282 Å². The molecule has 0 radical (unpaired) electrons. The van der Waals surface area contributed by atoms with Gasteiger partial charge in [0.15, 0.2) is 0 Å². The Bertz CT molecular complexity index is 2350. The molecule has 1 aliphatic heterocycles. The third-order valence-corrected chi connectivity index (χ3v) is 8.77. The number of hydrogen-bond acceptors (Lipinski definition) is 6. The van der Waals surface area contributed by atoms with Gasteiger partial charge in [0.05, 0.1) is 34.4 Å². The van der Waals surface area contributed by atoms with Crippen molar-refractivity contribution in [3.63, 3.8) is 0 Å². The summed E-state index contributed by atoms with van der Waals surface area (Å²) in [6.07, 6.45) is 15.3. The molecule has 1 saturated heterocycles. The van der Waals surface area contributed by atoms with E-state index in [1.807, 2.05) is 72.8 Å². The average molecular weight is 637 g/mol. The van der Waals surface area contributed by atoms with Gasteiger partial charge in [-0.2, -0.15) is 0 Å². The zero-order valence-electron chi connectivity index (χ0n) is 26.3. The molecular formula is C41H28N6O2. The minimum atomic E-state index is -0.364. The van der Waals surface area contributed by atoms with Gasteiger partial charge >= 0.3 is 0 Å². The fraction of sp³-hybridized carbons (Fsp3) is 0.0244. The lowest BCUT2D eigenvalue weighted by Gasteiger charge is -2.16. The molecule has 0 bridgehead atoms. The summed E-state index contributed by atoms with van der Waals surface area (Å²) in [4.78, 5) is 46.2. The van der Waals surface area contributed by atoms with Gasteiger partial charge in [-0.15, -0.1) is 0 Å². The SMILES string of the molecule is C=C/C=C\C(=C1/CC(=O)N(c2ccc(-c3ccccc3)cc2)C1=O)n1c2cc(-c3cncnc3)ccc2c2ccc(-c3cncnc3)cc21. The molecule has 8 rings (SSSR count). The van der Waals surface area contributed by atoms with Crippen LogP contribution in [0.4, 0.5) is 5.69 Å². The Morgan fingerprint density at radius 2 is 1.16 bits per heavy atom. The fourth-order valence-corrected chi connectivity index (χ4v) is 6.45. The van der Waals surface area contributed by atoms with Crippen molar-refractivity contribution in [3.8, 4) is 33.4 Å². The predicted molar refractivity (Wildman–Crippen MR) is 193 cm³/mol. The number of benzene rings is 4. The van der Waals surface area contributed by atoms with Crippen LogP contribution in [0.1, 0.15) is 6.42 Å². The highest BCUT2D eigenvalue weighted by atomic mass is 16.2. The van der Waals surface area contributed by atoms with Gasteiger partial charge < -0.3 is 4.57 Å². The molecule has 0 spiro atoms. The molecule has 0 unspecified atom stereocenters. The summed E-state index contributed by atoms with van der Waals surface area (Å²) in [6.45, 7) is 3.89. The summed E-state index contributed by atoms with van der Waals surface area (Å²) in [5, 5.41) is 1.98. The van der Waals surface area contributed by atoms with Gasteiger partial charge in [-0.25, -0.2) is 24.8 Å². The number of allylic oxidation sites excluding steroid dienone is 4. The van der Waals surface area contributed by atoms with Gasteiger partial charge in [0.1, 0.15) is 12.7 Å². The Hall–Kier alpha value is -6.80. The smallest absolute Gasteiger partial charge is 0.263 e. The molecule has 0 aliphatic carbocycles. The fourth-order valence-electron chi connectivity index (χ4n) is 6.45. The highest BCUT2D eigenvalue weighted by Gasteiger charge is 2.37. The Balaban J connectivity index is 1.34. The molecular weight excluding hydrogens is 608 g/mol. The lowest BCUT2D eigenvalue weighted by molar-refractivity contribution is -0.120. The number of nitrogens with zero attached hydrogens (tertiary/aromatic N) is 6. The molecule has 2 amide bonds. The first-order valence-electron chi connectivity index (χ1n) is 15.7. The standard InChI is InChI=1S/C41H28N6O2/c1-2-3-9-37(36-20-40(48)46(41(36)49)33-14-10-28(11-15-33)27-7-5-4-6-8-27)47-38-18-29(31-21-42-25-43-22-31)12-16-34(38)35-17-13-30(19-39(35)47)32-23-44-26-45-24-32/h2-19,21-26H,1,20H2/b9-3-,37-36-. The van der Waals surface area contributed by atoms with Crippen LogP contribution >= 0.6 is 0 Å². The molecule has 8 nitrogen and oxygen atoms in total. The highest BCUT2D eigenvalue weighted by Crippen LogP contribution is 2.39. The van der Waals surface area contributed by atoms with E-state index in [0.29, 0.717) is 17.0 Å². The third-order valence-electron chi connectivity index (χ3n) is 8.77. The van der Waals surface area contributed by atoms with Crippen LogP contribution in [0.2, 0.25) is 0 Å². The van der Waals surface area contributed by atoms with E-state index in [2.05, 4.69) is 55.3 Å². The van der Waals surface area contributed by atoms with Crippen LogP contribution in [-0.2, 0) is 9.59 Å². The molecule has 8 heteroatoms. The second kappa shape index (κ2) is 12.4. The van der Waals surface area contributed by atoms with E-state index < -0.39 is 0 Å². The number of carbonyl (C=O) groups excluding carboxylic acids is 2. The lowest BCUT2D eigenvalue weighted by Crippen LogP contribution is -2.29. The van der Waals surface area contributed by atoms with Gasteiger partial charge in [-0.1, -0.05) is 85.5 Å². The maximum atomic E-state index is 14.4. The van der Waals surface area contributed by atoms with Gasteiger partial charge in [0.25, 0.3) is 5.91 Å². The molecule has 1 aliphatic rings. The van der Waals surface area contributed by atoms with Crippen LogP contribution in [-0.4, -0.2) is 36.3 Å². The molecule has 3 aromatic heterocycles. The summed E-state index contributed by atoms with van der Waals surface area (Å²) in [7, 11) is 0. The number of rotatable bonds is 7. The first-order valence-corrected chi connectivity index (χ1v) is 15.7. The van der Waals surface area contributed by atoms with Crippen molar-refractivity contribution in [2.24, 2.45) is 0 Å². The number of hydrogen-bond donors (Lipinski definition) is 0. The topological polar surface area (TPSA) is 93.9 Å². The van der Waals surface area contributed by atoms with Gasteiger partial charge in [0, 0.05) is 46.7 Å². The lowest BCUT2D eigenvalue weighted by atomic mass is 10.0. The minimum Gasteiger partial charge on any atom is -0.309 e. The van der Waals surface area contributed by atoms with Crippen LogP contribution in [0.3, 0.4) is 0 Å². The average Bonchev–Trinajstić information content (AvgIpc) is 3.65. The van der Waals surface area contributed by atoms with Crippen LogP contribution in [0, 0.1) is 0 Å². The largest absolute Gasteiger partial charge is 0.309 e. The normalized spacial score (nSPS) is 14.3. The Kier molecular flexibility index (Phi) is 7.50. The van der Waals surface area contributed by atoms with Crippen LogP contribution < -0.4 is 4.90 Å². The molecule has 234 valence electrons. The molecule has 4 aromatic carbocycles. The van der Waals surface area contributed by atoms with Crippen molar-refractivity contribution in [2.45, 2.75) is 6.42 Å². The van der Waals surface area contributed by atoms with Crippen molar-refractivity contribution in [1.29, 1.82) is 0 Å². The summed E-state index contributed by atoms with van der Waals surface area (Å²) < 4.78 is 2.06. The summed E-state index contributed by atoms with van der Waals surface area (Å²) >= 11 is 0. The van der Waals surface area contributed by atoms with Crippen LogP contribution in [0.15, 0.2) is 159 Å². The number of anilines is 1. The molecule has 0 saturated carbocycles. The Morgan fingerprint density at radius 3 is 1.71 bits per heavy atom. The van der Waals surface area contributed by atoms with Crippen molar-refractivity contribution in [3.05, 3.63) is 159 Å². The van der Waals surface area contributed by atoms with Crippen molar-refractivity contribution < 1.29 is 9.59 Å². The molecule has 0 atom stereocenters. The van der Waals surface area contributed by atoms with Crippen molar-refractivity contribution in [1.82, 2.24) is 24.5 Å². The maximum absolute atomic E-state index is 14.4. The van der Waals surface area contributed by atoms with E-state index in [4.69, 9.17) is 0 Å². The molecule has 49 heavy (non-hydrogen) atoms. The monoisotopic (exact) mass is 636 g/mol. The van der Waals surface area contributed by atoms with Crippen LogP contribution in [0.25, 0.3) is 60.9 Å². The molecule has 0 N–H and O–H groups in total. The first kappa shape index (κ1) is 29.6. The van der Waals surface area contributed by atoms with Crippen molar-refractivity contribution in [2.75, 3.05) is 4.90 Å². The first-order chi connectivity index (χ1) is 24.1. The number of imide groups is 1. The zero-order valence-corrected chi connectivity index (χ0v) is 26.3. The highest BCUT2D eigenvalue weighted by molar-refractivity contribution is 6.30. The minimum absolute atomic E-state index is 0.0598. The van der Waals surface area contributed by atoms with E-state index in [1.165, 1.54) is 17.6 Å². The summed E-state index contributed by atoms with van der Waals surface area (Å²) in [5.74, 6) is -0.654. The maximum Gasteiger partial charge on any atom is 0.263 e. The number of fused-ring (bicyclic) bond motifs is 3. The molecule has 7 aromatic rings. The van der Waals surface area contributed by atoms with Gasteiger partial charge in [-0.3, -0.25) is 9.59 Å². The Morgan fingerprint density at radius 1 is 0.633 bits per heavy atom. The van der Waals surface area contributed by atoms with E-state index in [0.717, 1.165) is 55.2 Å². The van der Waals surface area contributed by atoms with Gasteiger partial charge in [-0.05, 0) is 52.6 Å². The quantitative estimate of drug-likeness (QED) is 0.0993. The van der Waals surface area contributed by atoms with E-state index in [9.17, 15) is 9.59 Å². The second-order valence-corrected chi connectivity index (χ2v) is 11.6. The van der Waals surface area contributed by atoms with Crippen molar-refractivity contribution >= 4 is 45.0 Å². The van der Waals surface area contributed by atoms with Crippen LogP contribution in [0.5, 0.6) is 0 Å². The number of amides is 2. The summed E-state index contributed by atoms with van der Waals surface area (Å²) in [5.41, 5.74) is 8.82. The predicted octanol–water partition coefficient (Wildman–Crippen LogP) is 8.29. The van der Waals surface area contributed by atoms with Gasteiger partial charge in [0.2, 0.25) is 5.91 Å². The third kappa shape index (κ3) is 5.31. The van der Waals surface area contributed by atoms with E-state index >= 15 is 0 Å². The second-order valence-electron chi connectivity index (χ2n) is 11.6. The summed E-state index contributed by atoms with van der Waals surface area (Å²) in [6, 6.07) is 29.9. The van der Waals surface area contributed by atoms with E-state index in [-0.39, 0.29) is 18.2 Å². The molecule has 4 heterocycles. The molecule has 1 fully saturated rings. The zero-order chi connectivity index (χ0) is 33.3. The van der Waals surface area contributed by atoms with E-state index in [1.54, 1.807) is 36.9 Å². The number of aromatic nitrogens is 5. The number of carbonyl (C=O) groups is 2.